The fraction of sp³-hybridized carbons (Fsp3) is 0.471. The third-order valence-corrected chi connectivity index (χ3v) is 4.72. The highest BCUT2D eigenvalue weighted by Crippen LogP contribution is 2.35. The number of hydrogen-bond acceptors (Lipinski definition) is 2. The van der Waals surface area contributed by atoms with Crippen molar-refractivity contribution in [2.75, 3.05) is 0 Å². The molecule has 2 aromatic rings. The van der Waals surface area contributed by atoms with E-state index in [9.17, 15) is 0 Å². The lowest BCUT2D eigenvalue weighted by Gasteiger charge is -2.17. The fourth-order valence-corrected chi connectivity index (χ4v) is 2.93. The predicted octanol–water partition coefficient (Wildman–Crippen LogP) is 5.41. The first kappa shape index (κ1) is 14.3. The SMILES string of the molecule is CC(C)(C)c1ccc(-c2ccc(C(C)(C)C)s2)cn1. The third kappa shape index (κ3) is 3.24. The maximum Gasteiger partial charge on any atom is 0.0457 e. The number of hydrogen-bond donors (Lipinski definition) is 0. The van der Waals surface area contributed by atoms with Gasteiger partial charge in [0.05, 0.1) is 0 Å². The van der Waals surface area contributed by atoms with Crippen LogP contribution in [0.4, 0.5) is 0 Å². The van der Waals surface area contributed by atoms with Crippen LogP contribution >= 0.6 is 11.3 Å². The summed E-state index contributed by atoms with van der Waals surface area (Å²) in [7, 11) is 0. The minimum atomic E-state index is 0.116. The number of rotatable bonds is 1. The molecule has 19 heavy (non-hydrogen) atoms. The number of pyridine rings is 1. The van der Waals surface area contributed by atoms with E-state index in [0.717, 1.165) is 5.69 Å². The Morgan fingerprint density at radius 3 is 1.95 bits per heavy atom. The second-order valence-electron chi connectivity index (χ2n) is 7.10. The van der Waals surface area contributed by atoms with E-state index in [1.165, 1.54) is 15.3 Å². The summed E-state index contributed by atoms with van der Waals surface area (Å²) in [5.41, 5.74) is 2.70. The van der Waals surface area contributed by atoms with Crippen LogP contribution in [0, 0.1) is 0 Å². The zero-order valence-corrected chi connectivity index (χ0v) is 13.6. The summed E-state index contributed by atoms with van der Waals surface area (Å²) in [5, 5.41) is 0. The molecular formula is C17H23NS. The van der Waals surface area contributed by atoms with Crippen molar-refractivity contribution in [3.8, 4) is 10.4 Å². The summed E-state index contributed by atoms with van der Waals surface area (Å²) in [6, 6.07) is 8.77. The van der Waals surface area contributed by atoms with E-state index in [1.807, 2.05) is 17.5 Å². The highest BCUT2D eigenvalue weighted by atomic mass is 32.1. The van der Waals surface area contributed by atoms with Gasteiger partial charge in [0, 0.05) is 32.6 Å². The molecule has 102 valence electrons. The van der Waals surface area contributed by atoms with Crippen LogP contribution in [-0.2, 0) is 10.8 Å². The molecule has 0 radical (unpaired) electrons. The Balaban J connectivity index is 2.31. The minimum absolute atomic E-state index is 0.116. The molecule has 0 aliphatic heterocycles. The molecule has 0 amide bonds. The Bertz CT molecular complexity index is 550. The van der Waals surface area contributed by atoms with Crippen molar-refractivity contribution >= 4 is 11.3 Å². The Morgan fingerprint density at radius 1 is 0.842 bits per heavy atom. The van der Waals surface area contributed by atoms with E-state index in [0.29, 0.717) is 0 Å². The Kier molecular flexibility index (Phi) is 3.57. The smallest absolute Gasteiger partial charge is 0.0457 e. The second-order valence-corrected chi connectivity index (χ2v) is 8.18. The normalized spacial score (nSPS) is 12.7. The van der Waals surface area contributed by atoms with Crippen LogP contribution in [0.2, 0.25) is 0 Å². The summed E-state index contributed by atoms with van der Waals surface area (Å²) in [6.07, 6.45) is 2.00. The van der Waals surface area contributed by atoms with E-state index >= 15 is 0 Å². The van der Waals surface area contributed by atoms with E-state index < -0.39 is 0 Å². The second kappa shape index (κ2) is 4.75. The minimum Gasteiger partial charge on any atom is -0.260 e. The van der Waals surface area contributed by atoms with Crippen LogP contribution in [0.3, 0.4) is 0 Å². The standard InChI is InChI=1S/C17H23NS/c1-16(2,3)14-9-7-12(11-18-14)13-8-10-15(19-13)17(4,5)6/h7-11H,1-6H3. The Labute approximate surface area is 120 Å². The van der Waals surface area contributed by atoms with Crippen molar-refractivity contribution in [1.82, 2.24) is 4.98 Å². The molecule has 2 heterocycles. The lowest BCUT2D eigenvalue weighted by Crippen LogP contribution is -2.12. The highest BCUT2D eigenvalue weighted by molar-refractivity contribution is 7.15. The van der Waals surface area contributed by atoms with Gasteiger partial charge < -0.3 is 0 Å². The molecule has 0 N–H and O–H groups in total. The first-order valence-corrected chi connectivity index (χ1v) is 7.57. The highest BCUT2D eigenvalue weighted by Gasteiger charge is 2.18. The molecule has 0 saturated carbocycles. The van der Waals surface area contributed by atoms with Crippen LogP contribution in [0.1, 0.15) is 52.1 Å². The van der Waals surface area contributed by atoms with E-state index in [2.05, 4.69) is 70.8 Å². The number of nitrogens with zero attached hydrogens (tertiary/aromatic N) is 1. The Hall–Kier alpha value is -1.15. The summed E-state index contributed by atoms with van der Waals surface area (Å²) in [4.78, 5) is 7.33. The van der Waals surface area contributed by atoms with Crippen molar-refractivity contribution in [3.63, 3.8) is 0 Å². The molecule has 0 unspecified atom stereocenters. The quantitative estimate of drug-likeness (QED) is 0.677. The van der Waals surface area contributed by atoms with Crippen molar-refractivity contribution in [1.29, 1.82) is 0 Å². The van der Waals surface area contributed by atoms with Crippen LogP contribution in [0.25, 0.3) is 10.4 Å². The van der Waals surface area contributed by atoms with Gasteiger partial charge in [-0.3, -0.25) is 4.98 Å². The van der Waals surface area contributed by atoms with Gasteiger partial charge in [-0.25, -0.2) is 0 Å². The van der Waals surface area contributed by atoms with Gasteiger partial charge in [0.2, 0.25) is 0 Å². The van der Waals surface area contributed by atoms with E-state index in [4.69, 9.17) is 0 Å². The van der Waals surface area contributed by atoms with Crippen molar-refractivity contribution in [3.05, 3.63) is 41.0 Å². The van der Waals surface area contributed by atoms with Gasteiger partial charge in [-0.1, -0.05) is 47.6 Å². The topological polar surface area (TPSA) is 12.9 Å². The van der Waals surface area contributed by atoms with Gasteiger partial charge in [0.25, 0.3) is 0 Å². The molecule has 0 spiro atoms. The molecule has 2 heteroatoms. The molecule has 0 bridgehead atoms. The maximum absolute atomic E-state index is 4.60. The van der Waals surface area contributed by atoms with Crippen LogP contribution in [0.5, 0.6) is 0 Å². The largest absolute Gasteiger partial charge is 0.260 e. The molecule has 0 aliphatic rings. The van der Waals surface area contributed by atoms with Crippen molar-refractivity contribution < 1.29 is 0 Å². The molecule has 2 aromatic heterocycles. The molecule has 1 nitrogen and oxygen atoms in total. The monoisotopic (exact) mass is 273 g/mol. The zero-order valence-electron chi connectivity index (χ0n) is 12.7. The first-order chi connectivity index (χ1) is 8.68. The Morgan fingerprint density at radius 2 is 1.53 bits per heavy atom. The van der Waals surface area contributed by atoms with Crippen LogP contribution in [-0.4, -0.2) is 4.98 Å². The lowest BCUT2D eigenvalue weighted by atomic mass is 9.91. The molecule has 0 aliphatic carbocycles. The van der Waals surface area contributed by atoms with Crippen LogP contribution < -0.4 is 0 Å². The van der Waals surface area contributed by atoms with E-state index in [-0.39, 0.29) is 10.8 Å². The van der Waals surface area contributed by atoms with Crippen LogP contribution in [0.15, 0.2) is 30.5 Å². The summed E-state index contributed by atoms with van der Waals surface area (Å²) < 4.78 is 0. The lowest BCUT2D eigenvalue weighted by molar-refractivity contribution is 0.569. The van der Waals surface area contributed by atoms with E-state index in [1.54, 1.807) is 0 Å². The molecule has 0 aromatic carbocycles. The van der Waals surface area contributed by atoms with Crippen molar-refractivity contribution in [2.45, 2.75) is 52.4 Å². The first-order valence-electron chi connectivity index (χ1n) is 6.75. The number of thiophene rings is 1. The molecule has 2 rings (SSSR count). The average molecular weight is 273 g/mol. The molecule has 0 atom stereocenters. The molecule has 0 saturated heterocycles. The maximum atomic E-state index is 4.60. The van der Waals surface area contributed by atoms with Crippen molar-refractivity contribution in [2.24, 2.45) is 0 Å². The average Bonchev–Trinajstić information content (AvgIpc) is 2.77. The van der Waals surface area contributed by atoms with Gasteiger partial charge in [0.1, 0.15) is 0 Å². The third-order valence-electron chi connectivity index (χ3n) is 3.16. The molecular weight excluding hydrogens is 250 g/mol. The summed E-state index contributed by atoms with van der Waals surface area (Å²) >= 11 is 1.87. The molecule has 0 fully saturated rings. The summed E-state index contributed by atoms with van der Waals surface area (Å²) in [5.74, 6) is 0. The van der Waals surface area contributed by atoms with Gasteiger partial charge >= 0.3 is 0 Å². The van der Waals surface area contributed by atoms with Gasteiger partial charge in [0.15, 0.2) is 0 Å². The van der Waals surface area contributed by atoms with Gasteiger partial charge in [-0.15, -0.1) is 11.3 Å². The zero-order chi connectivity index (χ0) is 14.3. The fourth-order valence-electron chi connectivity index (χ4n) is 1.88. The number of aromatic nitrogens is 1. The van der Waals surface area contributed by atoms with Gasteiger partial charge in [-0.2, -0.15) is 0 Å². The predicted molar refractivity (Wildman–Crippen MR) is 85.0 cm³/mol. The van der Waals surface area contributed by atoms with Gasteiger partial charge in [-0.05, 0) is 23.6 Å². The summed E-state index contributed by atoms with van der Waals surface area (Å²) in [6.45, 7) is 13.3.